The van der Waals surface area contributed by atoms with Gasteiger partial charge in [-0.2, -0.15) is 5.10 Å². The van der Waals surface area contributed by atoms with E-state index in [-0.39, 0.29) is 12.8 Å². The van der Waals surface area contributed by atoms with Crippen molar-refractivity contribution in [2.24, 2.45) is 0 Å². The van der Waals surface area contributed by atoms with Crippen molar-refractivity contribution in [3.63, 3.8) is 0 Å². The summed E-state index contributed by atoms with van der Waals surface area (Å²) in [5.41, 5.74) is 6.01. The lowest BCUT2D eigenvalue weighted by atomic mass is 9.81. The maximum atomic E-state index is 13.3. The maximum Gasteiger partial charge on any atom is 0.343 e. The predicted octanol–water partition coefficient (Wildman–Crippen LogP) is 4.43. The lowest BCUT2D eigenvalue weighted by molar-refractivity contribution is 0.00877. The Labute approximate surface area is 224 Å². The van der Waals surface area contributed by atoms with Crippen molar-refractivity contribution in [3.05, 3.63) is 58.8 Å². The molecule has 10 heteroatoms. The van der Waals surface area contributed by atoms with E-state index in [0.717, 1.165) is 51.7 Å². The molecule has 0 bridgehead atoms. The highest BCUT2D eigenvalue weighted by Crippen LogP contribution is 2.59. The molecule has 2 atom stereocenters. The van der Waals surface area contributed by atoms with Crippen LogP contribution in [0.3, 0.4) is 0 Å². The lowest BCUT2D eigenvalue weighted by Gasteiger charge is -2.39. The topological polar surface area (TPSA) is 104 Å². The quantitative estimate of drug-likeness (QED) is 0.376. The van der Waals surface area contributed by atoms with Gasteiger partial charge in [0.15, 0.2) is 23.0 Å². The maximum absolute atomic E-state index is 13.3. The van der Waals surface area contributed by atoms with E-state index in [1.165, 1.54) is 7.11 Å². The molecule has 1 aromatic heterocycles. The fraction of sp³-hybridized carbons (Fsp3) is 0.310. The van der Waals surface area contributed by atoms with Gasteiger partial charge in [-0.3, -0.25) is 10.00 Å². The molecule has 39 heavy (non-hydrogen) atoms. The van der Waals surface area contributed by atoms with Crippen LogP contribution in [0.5, 0.6) is 28.7 Å². The summed E-state index contributed by atoms with van der Waals surface area (Å²) >= 11 is 0. The molecule has 0 saturated carbocycles. The fourth-order valence-electron chi connectivity index (χ4n) is 6.23. The van der Waals surface area contributed by atoms with Crippen LogP contribution >= 0.6 is 0 Å². The standard InChI is InChI=1S/C29H27N3O7/c1-32-10-9-16-20(14-5-7-18-15(11-14)12-30-31-18)27-28(38-13-37-27)26(36-4)21(16)23(32)24-17-6-8-19(34-2)25(35-3)22(17)29(33)39-24/h5-8,11-12,23-24H,9-10,13H2,1-4H3,(H,30,31). The number of carbonyl (C=O) groups excluding carboxylic acids is 1. The highest BCUT2D eigenvalue weighted by molar-refractivity contribution is 5.98. The lowest BCUT2D eigenvalue weighted by Crippen LogP contribution is -2.36. The molecule has 0 fully saturated rings. The number of cyclic esters (lactones) is 1. The van der Waals surface area contributed by atoms with E-state index in [1.807, 2.05) is 19.2 Å². The fourth-order valence-corrected chi connectivity index (χ4v) is 6.23. The molecule has 0 spiro atoms. The molecule has 3 aliphatic heterocycles. The van der Waals surface area contributed by atoms with E-state index in [2.05, 4.69) is 27.2 Å². The van der Waals surface area contributed by atoms with E-state index in [1.54, 1.807) is 26.5 Å². The first-order valence-corrected chi connectivity index (χ1v) is 12.7. The number of carbonyl (C=O) groups is 1. The van der Waals surface area contributed by atoms with Crippen molar-refractivity contribution in [2.45, 2.75) is 18.6 Å². The van der Waals surface area contributed by atoms with E-state index < -0.39 is 12.1 Å². The molecular formula is C29H27N3O7. The minimum atomic E-state index is -0.602. The molecule has 3 aliphatic rings. The van der Waals surface area contributed by atoms with E-state index >= 15 is 0 Å². The molecule has 4 heterocycles. The van der Waals surface area contributed by atoms with Gasteiger partial charge in [-0.15, -0.1) is 0 Å². The van der Waals surface area contributed by atoms with E-state index in [0.29, 0.717) is 34.3 Å². The molecule has 1 N–H and O–H groups in total. The molecule has 4 aromatic rings. The molecule has 0 amide bonds. The molecule has 3 aromatic carbocycles. The summed E-state index contributed by atoms with van der Waals surface area (Å²) in [4.78, 5) is 15.4. The first kappa shape index (κ1) is 23.7. The number of aromatic amines is 1. The molecule has 0 radical (unpaired) electrons. The normalized spacial score (nSPS) is 19.5. The van der Waals surface area contributed by atoms with Crippen molar-refractivity contribution < 1.29 is 33.2 Å². The van der Waals surface area contributed by atoms with Gasteiger partial charge in [-0.25, -0.2) is 4.79 Å². The molecule has 0 saturated heterocycles. The summed E-state index contributed by atoms with van der Waals surface area (Å²) in [6, 6.07) is 9.49. The third kappa shape index (κ3) is 3.31. The smallest absolute Gasteiger partial charge is 0.343 e. The highest BCUT2D eigenvalue weighted by atomic mass is 16.7. The number of nitrogens with one attached hydrogen (secondary N) is 1. The second kappa shape index (κ2) is 8.81. The van der Waals surface area contributed by atoms with Gasteiger partial charge >= 0.3 is 5.97 Å². The number of likely N-dealkylation sites (N-methyl/N-ethyl adjacent to an activating group) is 1. The zero-order valence-corrected chi connectivity index (χ0v) is 22.0. The number of fused-ring (bicyclic) bond motifs is 4. The Kier molecular flexibility index (Phi) is 5.34. The minimum absolute atomic E-state index is 0.0916. The predicted molar refractivity (Wildman–Crippen MR) is 141 cm³/mol. The summed E-state index contributed by atoms with van der Waals surface area (Å²) in [5.74, 6) is 2.20. The second-order valence-electron chi connectivity index (χ2n) is 9.80. The number of methoxy groups -OCH3 is 3. The average molecular weight is 530 g/mol. The van der Waals surface area contributed by atoms with E-state index in [4.69, 9.17) is 28.4 Å². The van der Waals surface area contributed by atoms with Gasteiger partial charge in [-0.05, 0) is 42.8 Å². The Morgan fingerprint density at radius 2 is 1.82 bits per heavy atom. The van der Waals surface area contributed by atoms with Crippen molar-refractivity contribution in [1.82, 2.24) is 15.1 Å². The minimum Gasteiger partial charge on any atom is -0.493 e. The molecule has 10 nitrogen and oxygen atoms in total. The Bertz CT molecular complexity index is 1650. The first-order chi connectivity index (χ1) is 19.0. The Morgan fingerprint density at radius 1 is 1.00 bits per heavy atom. The summed E-state index contributed by atoms with van der Waals surface area (Å²) in [6.07, 6.45) is 1.95. The zero-order chi connectivity index (χ0) is 26.8. The van der Waals surface area contributed by atoms with Gasteiger partial charge in [-0.1, -0.05) is 12.1 Å². The van der Waals surface area contributed by atoms with Crippen molar-refractivity contribution in [3.8, 4) is 39.9 Å². The van der Waals surface area contributed by atoms with Crippen LogP contribution in [0.1, 0.15) is 39.2 Å². The second-order valence-corrected chi connectivity index (χ2v) is 9.80. The van der Waals surface area contributed by atoms with Crippen LogP contribution in [-0.2, 0) is 11.2 Å². The number of hydrogen-bond acceptors (Lipinski definition) is 9. The van der Waals surface area contributed by atoms with Crippen molar-refractivity contribution >= 4 is 16.9 Å². The summed E-state index contributed by atoms with van der Waals surface area (Å²) in [5, 5.41) is 8.18. The van der Waals surface area contributed by atoms with Crippen molar-refractivity contribution in [2.75, 3.05) is 41.7 Å². The Hall–Kier alpha value is -4.44. The highest BCUT2D eigenvalue weighted by Gasteiger charge is 2.47. The molecular weight excluding hydrogens is 502 g/mol. The summed E-state index contributed by atoms with van der Waals surface area (Å²) in [7, 11) is 6.72. The van der Waals surface area contributed by atoms with Gasteiger partial charge < -0.3 is 28.4 Å². The molecule has 2 unspecified atom stereocenters. The largest absolute Gasteiger partial charge is 0.493 e. The van der Waals surface area contributed by atoms with Gasteiger partial charge in [0.2, 0.25) is 12.5 Å². The zero-order valence-electron chi connectivity index (χ0n) is 22.0. The van der Waals surface area contributed by atoms with E-state index in [9.17, 15) is 4.79 Å². The number of rotatable bonds is 5. The van der Waals surface area contributed by atoms with Gasteiger partial charge in [0, 0.05) is 28.6 Å². The number of hydrogen-bond donors (Lipinski definition) is 1. The van der Waals surface area contributed by atoms with Crippen LogP contribution in [0.4, 0.5) is 0 Å². The molecule has 200 valence electrons. The average Bonchev–Trinajstić information content (AvgIpc) is 3.70. The number of H-pyrrole nitrogens is 1. The molecule has 7 rings (SSSR count). The summed E-state index contributed by atoms with van der Waals surface area (Å²) < 4.78 is 35.2. The monoisotopic (exact) mass is 529 g/mol. The first-order valence-electron chi connectivity index (χ1n) is 12.7. The van der Waals surface area contributed by atoms with Crippen LogP contribution in [0.25, 0.3) is 22.0 Å². The Balaban J connectivity index is 1.47. The number of esters is 1. The van der Waals surface area contributed by atoms with Gasteiger partial charge in [0.05, 0.1) is 39.1 Å². The number of ether oxygens (including phenoxy) is 6. The molecule has 0 aliphatic carbocycles. The SMILES string of the molecule is COc1ccc2c(c1OC)C(=O)OC2C1c2c(c(-c3ccc4[nH]ncc4c3)c3c(c2OC)OCO3)CCN1C. The number of benzene rings is 3. The van der Waals surface area contributed by atoms with Crippen LogP contribution in [0.2, 0.25) is 0 Å². The Morgan fingerprint density at radius 3 is 2.62 bits per heavy atom. The van der Waals surface area contributed by atoms with Crippen LogP contribution in [-0.4, -0.2) is 62.8 Å². The number of aromatic nitrogens is 2. The van der Waals surface area contributed by atoms with Crippen molar-refractivity contribution in [1.29, 1.82) is 0 Å². The summed E-state index contributed by atoms with van der Waals surface area (Å²) in [6.45, 7) is 0.826. The third-order valence-electron chi connectivity index (χ3n) is 7.94. The third-order valence-corrected chi connectivity index (χ3v) is 7.94. The van der Waals surface area contributed by atoms with Crippen LogP contribution < -0.4 is 23.7 Å². The van der Waals surface area contributed by atoms with Crippen LogP contribution in [0.15, 0.2) is 36.5 Å². The number of nitrogens with zero attached hydrogens (tertiary/aromatic N) is 2. The van der Waals surface area contributed by atoms with Gasteiger partial charge in [0.25, 0.3) is 0 Å². The van der Waals surface area contributed by atoms with Crippen LogP contribution in [0, 0.1) is 0 Å². The van der Waals surface area contributed by atoms with Gasteiger partial charge in [0.1, 0.15) is 11.7 Å².